The number of ether oxygens (including phenoxy) is 1. The maximum atomic E-state index is 5.35. The minimum Gasteiger partial charge on any atom is -0.497 e. The van der Waals surface area contributed by atoms with E-state index < -0.39 is 8.07 Å². The molecule has 1 nitrogen and oxygen atoms in total. The van der Waals surface area contributed by atoms with Gasteiger partial charge in [0.25, 0.3) is 0 Å². The Bertz CT molecular complexity index is 753. The Balaban J connectivity index is 2.29. The predicted molar refractivity (Wildman–Crippen MR) is 105 cm³/mol. The van der Waals surface area contributed by atoms with E-state index in [9.17, 15) is 0 Å². The Morgan fingerprint density at radius 3 is 1.54 bits per heavy atom. The van der Waals surface area contributed by atoms with E-state index in [2.05, 4.69) is 104 Å². The van der Waals surface area contributed by atoms with Gasteiger partial charge in [0.1, 0.15) is 5.75 Å². The summed E-state index contributed by atoms with van der Waals surface area (Å²) in [5, 5.41) is 4.14. The van der Waals surface area contributed by atoms with Gasteiger partial charge in [-0.2, -0.15) is 0 Å². The van der Waals surface area contributed by atoms with E-state index in [0.717, 1.165) is 5.75 Å². The second-order valence-electron chi connectivity index (χ2n) is 5.77. The molecule has 0 unspecified atom stereocenters. The summed E-state index contributed by atoms with van der Waals surface area (Å²) in [4.78, 5) is 0. The molecule has 0 aliphatic carbocycles. The van der Waals surface area contributed by atoms with Crippen molar-refractivity contribution in [2.45, 2.75) is 6.92 Å². The van der Waals surface area contributed by atoms with Crippen LogP contribution in [0.1, 0.15) is 6.92 Å². The number of hydrogen-bond acceptors (Lipinski definition) is 1. The first kappa shape index (κ1) is 16.3. The first-order valence-electron chi connectivity index (χ1n) is 8.20. The van der Waals surface area contributed by atoms with Gasteiger partial charge in [0.15, 0.2) is 8.07 Å². The van der Waals surface area contributed by atoms with Gasteiger partial charge in [0.05, 0.1) is 7.11 Å². The summed E-state index contributed by atoms with van der Waals surface area (Å²) in [6, 6.07) is 30.3. The average molecular weight is 331 g/mol. The fraction of sp³-hybridized carbons (Fsp3) is 0.0909. The van der Waals surface area contributed by atoms with Crippen LogP contribution >= 0.6 is 0 Å². The van der Waals surface area contributed by atoms with Crippen molar-refractivity contribution in [2.24, 2.45) is 0 Å². The van der Waals surface area contributed by atoms with E-state index in [1.165, 1.54) is 15.6 Å². The summed E-state index contributed by atoms with van der Waals surface area (Å²) in [6.07, 6.45) is 2.19. The van der Waals surface area contributed by atoms with Crippen LogP contribution in [0.5, 0.6) is 5.75 Å². The van der Waals surface area contributed by atoms with Crippen molar-refractivity contribution in [3.63, 3.8) is 0 Å². The molecule has 0 aliphatic rings. The molecular formula is C22H22OSi. The summed E-state index contributed by atoms with van der Waals surface area (Å²) >= 11 is 0. The first-order chi connectivity index (χ1) is 11.8. The zero-order valence-electron chi connectivity index (χ0n) is 14.1. The molecule has 120 valence electrons. The summed E-state index contributed by atoms with van der Waals surface area (Å²) in [6.45, 7) is 2.11. The number of hydrogen-bond donors (Lipinski definition) is 0. The maximum absolute atomic E-state index is 5.35. The molecule has 0 heterocycles. The molecule has 0 spiro atoms. The van der Waals surface area contributed by atoms with Crippen molar-refractivity contribution in [3.8, 4) is 5.75 Å². The smallest absolute Gasteiger partial charge is 0.172 e. The second-order valence-corrected chi connectivity index (χ2v) is 9.45. The SMILES string of the molecule is C/C=C/[Si](c1ccccc1)(c1ccccc1)c1ccc(OC)cc1. The third-order valence-corrected chi connectivity index (χ3v) is 8.99. The van der Waals surface area contributed by atoms with E-state index in [0.29, 0.717) is 0 Å². The van der Waals surface area contributed by atoms with Gasteiger partial charge >= 0.3 is 0 Å². The lowest BCUT2D eigenvalue weighted by molar-refractivity contribution is 0.415. The highest BCUT2D eigenvalue weighted by Gasteiger charge is 2.36. The topological polar surface area (TPSA) is 9.23 Å². The summed E-state index contributed by atoms with van der Waals surface area (Å²) in [7, 11) is -0.487. The maximum Gasteiger partial charge on any atom is 0.172 e. The van der Waals surface area contributed by atoms with Crippen LogP contribution in [0.4, 0.5) is 0 Å². The van der Waals surface area contributed by atoms with Crippen LogP contribution in [0.15, 0.2) is 96.7 Å². The van der Waals surface area contributed by atoms with Gasteiger partial charge < -0.3 is 4.74 Å². The fourth-order valence-corrected chi connectivity index (χ4v) is 7.50. The van der Waals surface area contributed by atoms with Crippen LogP contribution < -0.4 is 20.3 Å². The van der Waals surface area contributed by atoms with E-state index in [4.69, 9.17) is 4.74 Å². The van der Waals surface area contributed by atoms with Crippen molar-refractivity contribution in [1.82, 2.24) is 0 Å². The van der Waals surface area contributed by atoms with Crippen molar-refractivity contribution < 1.29 is 4.74 Å². The number of benzene rings is 3. The molecule has 0 aliphatic heterocycles. The molecule has 3 aromatic rings. The van der Waals surface area contributed by atoms with Crippen molar-refractivity contribution in [1.29, 1.82) is 0 Å². The zero-order valence-corrected chi connectivity index (χ0v) is 15.1. The minimum absolute atomic E-state index is 0.892. The number of methoxy groups -OCH3 is 1. The summed E-state index contributed by atoms with van der Waals surface area (Å²) in [5.74, 6) is 0.892. The number of allylic oxidation sites excluding steroid dienone is 1. The molecule has 0 fully saturated rings. The molecule has 2 heteroatoms. The largest absolute Gasteiger partial charge is 0.497 e. The molecule has 0 bridgehead atoms. The zero-order chi connectivity index (χ0) is 16.8. The van der Waals surface area contributed by atoms with Gasteiger partial charge in [-0.05, 0) is 34.6 Å². The Hall–Kier alpha value is -2.58. The predicted octanol–water partition coefficient (Wildman–Crippen LogP) is 3.28. The van der Waals surface area contributed by atoms with Crippen LogP contribution in [-0.2, 0) is 0 Å². The molecule has 0 saturated heterocycles. The van der Waals surface area contributed by atoms with Crippen LogP contribution in [0.25, 0.3) is 0 Å². The normalized spacial score (nSPS) is 11.6. The minimum atomic E-state index is -2.20. The first-order valence-corrected chi connectivity index (χ1v) is 10.3. The van der Waals surface area contributed by atoms with Gasteiger partial charge in [-0.15, -0.1) is 0 Å². The van der Waals surface area contributed by atoms with Crippen molar-refractivity contribution in [2.75, 3.05) is 7.11 Å². The van der Waals surface area contributed by atoms with Crippen LogP contribution in [0.3, 0.4) is 0 Å². The van der Waals surface area contributed by atoms with Crippen LogP contribution in [0.2, 0.25) is 0 Å². The Morgan fingerprint density at radius 2 is 1.12 bits per heavy atom. The van der Waals surface area contributed by atoms with E-state index in [-0.39, 0.29) is 0 Å². The lowest BCUT2D eigenvalue weighted by Gasteiger charge is -2.30. The highest BCUT2D eigenvalue weighted by Crippen LogP contribution is 2.13. The highest BCUT2D eigenvalue weighted by atomic mass is 28.3. The van der Waals surface area contributed by atoms with Gasteiger partial charge in [-0.25, -0.2) is 0 Å². The summed E-state index contributed by atoms with van der Waals surface area (Å²) in [5.41, 5.74) is 2.42. The molecule has 24 heavy (non-hydrogen) atoms. The molecule has 0 N–H and O–H groups in total. The van der Waals surface area contributed by atoms with Crippen molar-refractivity contribution >= 4 is 23.6 Å². The molecule has 0 radical (unpaired) electrons. The Kier molecular flexibility index (Phi) is 4.97. The Morgan fingerprint density at radius 1 is 0.667 bits per heavy atom. The fourth-order valence-electron chi connectivity index (χ4n) is 3.29. The second kappa shape index (κ2) is 7.32. The van der Waals surface area contributed by atoms with Gasteiger partial charge in [0, 0.05) is 0 Å². The molecule has 3 aromatic carbocycles. The molecule has 0 saturated carbocycles. The van der Waals surface area contributed by atoms with Crippen molar-refractivity contribution in [3.05, 3.63) is 96.7 Å². The Labute approximate surface area is 145 Å². The van der Waals surface area contributed by atoms with Crippen LogP contribution in [0, 0.1) is 0 Å². The molecule has 3 rings (SSSR count). The highest BCUT2D eigenvalue weighted by molar-refractivity contribution is 7.14. The molecule has 0 aromatic heterocycles. The van der Waals surface area contributed by atoms with Gasteiger partial charge in [-0.3, -0.25) is 0 Å². The monoisotopic (exact) mass is 330 g/mol. The van der Waals surface area contributed by atoms with Crippen LogP contribution in [-0.4, -0.2) is 15.2 Å². The summed E-state index contributed by atoms with van der Waals surface area (Å²) < 4.78 is 5.35. The van der Waals surface area contributed by atoms with E-state index in [1.54, 1.807) is 7.11 Å². The van der Waals surface area contributed by atoms with E-state index >= 15 is 0 Å². The van der Waals surface area contributed by atoms with Gasteiger partial charge in [-0.1, -0.05) is 84.6 Å². The third-order valence-electron chi connectivity index (χ3n) is 4.42. The number of rotatable bonds is 5. The average Bonchev–Trinajstić information content (AvgIpc) is 2.68. The lowest BCUT2D eigenvalue weighted by Crippen LogP contribution is -2.66. The molecular weight excluding hydrogens is 308 g/mol. The quantitative estimate of drug-likeness (QED) is 0.515. The molecule has 0 amide bonds. The molecule has 0 atom stereocenters. The lowest BCUT2D eigenvalue weighted by atomic mass is 10.3. The van der Waals surface area contributed by atoms with Gasteiger partial charge in [0.2, 0.25) is 0 Å². The van der Waals surface area contributed by atoms with E-state index in [1.807, 2.05) is 0 Å². The third kappa shape index (κ3) is 2.93. The standard InChI is InChI=1S/C22H22OSi/c1-3-18-24(20-10-6-4-7-11-20,21-12-8-5-9-13-21)22-16-14-19(23-2)15-17-22/h3-18H,1-2H3/b18-3+.